The first-order valence-electron chi connectivity index (χ1n) is 10.7. The van der Waals surface area contributed by atoms with Crippen molar-refractivity contribution in [3.8, 4) is 11.5 Å². The summed E-state index contributed by atoms with van der Waals surface area (Å²) in [6.45, 7) is 0.118. The molecular weight excluding hydrogens is 506 g/mol. The predicted molar refractivity (Wildman–Crippen MR) is 132 cm³/mol. The zero-order valence-electron chi connectivity index (χ0n) is 19.4. The van der Waals surface area contributed by atoms with Crippen LogP contribution >= 0.6 is 11.3 Å². The Balaban J connectivity index is 1.68. The summed E-state index contributed by atoms with van der Waals surface area (Å²) in [4.78, 5) is 43.0. The fourth-order valence-corrected chi connectivity index (χ4v) is 5.16. The Kier molecular flexibility index (Phi) is 7.11. The van der Waals surface area contributed by atoms with Gasteiger partial charge in [0.25, 0.3) is 11.8 Å². The molecule has 4 rings (SSSR count). The Hall–Kier alpha value is -3.74. The molecular formula is C24H23N3O7S2. The second-order valence-corrected chi connectivity index (χ2v) is 10.5. The van der Waals surface area contributed by atoms with Crippen LogP contribution < -0.4 is 19.5 Å². The van der Waals surface area contributed by atoms with Gasteiger partial charge < -0.3 is 14.4 Å². The molecule has 1 saturated heterocycles. The number of amides is 3. The molecule has 2 heterocycles. The molecule has 0 saturated carbocycles. The number of carbonyl (C=O) groups is 3. The smallest absolute Gasteiger partial charge is 0.257 e. The molecule has 1 unspecified atom stereocenters. The lowest BCUT2D eigenvalue weighted by molar-refractivity contribution is -0.122. The number of imide groups is 1. The number of methoxy groups -OCH3 is 2. The quantitative estimate of drug-likeness (QED) is 0.443. The van der Waals surface area contributed by atoms with Gasteiger partial charge in [-0.3, -0.25) is 14.4 Å². The maximum absolute atomic E-state index is 13.6. The Bertz CT molecular complexity index is 1400. The molecule has 36 heavy (non-hydrogen) atoms. The van der Waals surface area contributed by atoms with Crippen LogP contribution in [0.1, 0.15) is 21.7 Å². The van der Waals surface area contributed by atoms with E-state index in [1.54, 1.807) is 12.1 Å². The van der Waals surface area contributed by atoms with Crippen LogP contribution in [0, 0.1) is 0 Å². The fraction of sp³-hybridized carbons (Fsp3) is 0.208. The van der Waals surface area contributed by atoms with E-state index in [1.165, 1.54) is 60.8 Å². The van der Waals surface area contributed by atoms with Crippen LogP contribution in [0.15, 0.2) is 64.9 Å². The molecule has 0 bridgehead atoms. The monoisotopic (exact) mass is 529 g/mol. The second-order valence-electron chi connectivity index (χ2n) is 7.91. The van der Waals surface area contributed by atoms with E-state index in [-0.39, 0.29) is 29.1 Å². The van der Waals surface area contributed by atoms with Crippen LogP contribution in [0.4, 0.5) is 5.69 Å². The first kappa shape index (κ1) is 25.4. The minimum atomic E-state index is -3.94. The molecule has 0 aliphatic carbocycles. The minimum absolute atomic E-state index is 0.118. The molecule has 1 fully saturated rings. The van der Waals surface area contributed by atoms with Gasteiger partial charge in [0.05, 0.1) is 37.8 Å². The second kappa shape index (κ2) is 10.1. The van der Waals surface area contributed by atoms with Crippen LogP contribution in [0.25, 0.3) is 0 Å². The third-order valence-electron chi connectivity index (χ3n) is 5.72. The number of hydrogen-bond acceptors (Lipinski definition) is 8. The van der Waals surface area contributed by atoms with Crippen molar-refractivity contribution >= 4 is 44.8 Å². The number of ether oxygens (including phenoxy) is 2. The van der Waals surface area contributed by atoms with Crippen molar-refractivity contribution in [3.63, 3.8) is 0 Å². The average molecular weight is 530 g/mol. The molecule has 1 aliphatic rings. The van der Waals surface area contributed by atoms with Crippen molar-refractivity contribution in [2.45, 2.75) is 23.9 Å². The van der Waals surface area contributed by atoms with Gasteiger partial charge in [0, 0.05) is 10.4 Å². The van der Waals surface area contributed by atoms with Crippen molar-refractivity contribution in [2.75, 3.05) is 19.1 Å². The molecule has 3 aromatic rings. The molecule has 2 aromatic carbocycles. The summed E-state index contributed by atoms with van der Waals surface area (Å²) in [5.41, 5.74) is 0.454. The molecule has 10 nitrogen and oxygen atoms in total. The SMILES string of the molecule is COc1ccc(C(=O)N(Cc2cccs2)C2CC(=O)N(c3ccc(S(N)(=O)=O)cc3)C2=O)cc1OC. The molecule has 3 amide bonds. The largest absolute Gasteiger partial charge is 0.493 e. The van der Waals surface area contributed by atoms with Crippen molar-refractivity contribution in [1.82, 2.24) is 4.90 Å². The van der Waals surface area contributed by atoms with Crippen molar-refractivity contribution in [2.24, 2.45) is 5.14 Å². The Morgan fingerprint density at radius 3 is 2.36 bits per heavy atom. The number of nitrogens with two attached hydrogens (primary N) is 1. The van der Waals surface area contributed by atoms with E-state index in [0.717, 1.165) is 9.78 Å². The van der Waals surface area contributed by atoms with Gasteiger partial charge in [0.2, 0.25) is 15.9 Å². The standard InChI is InChI=1S/C24H23N3O7S2/c1-33-20-10-5-15(12-21(20)34-2)23(29)26(14-17-4-3-11-35-17)19-13-22(28)27(24(19)30)16-6-8-18(9-7-16)36(25,31)32/h3-12,19H,13-14H2,1-2H3,(H2,25,31,32). The molecule has 12 heteroatoms. The first-order valence-corrected chi connectivity index (χ1v) is 13.1. The third kappa shape index (κ3) is 4.96. The third-order valence-corrected chi connectivity index (χ3v) is 7.51. The molecule has 0 radical (unpaired) electrons. The maximum atomic E-state index is 13.6. The summed E-state index contributed by atoms with van der Waals surface area (Å²) in [6, 6.07) is 12.4. The van der Waals surface area contributed by atoms with Gasteiger partial charge in [0.15, 0.2) is 11.5 Å². The van der Waals surface area contributed by atoms with Gasteiger partial charge in [-0.25, -0.2) is 18.5 Å². The highest BCUT2D eigenvalue weighted by molar-refractivity contribution is 7.89. The van der Waals surface area contributed by atoms with E-state index in [4.69, 9.17) is 14.6 Å². The number of hydrogen-bond donors (Lipinski definition) is 1. The number of carbonyl (C=O) groups excluding carboxylic acids is 3. The number of thiophene rings is 1. The summed E-state index contributed by atoms with van der Waals surface area (Å²) in [7, 11) is -1.00. The summed E-state index contributed by atoms with van der Waals surface area (Å²) < 4.78 is 33.7. The number of primary sulfonamides is 1. The number of rotatable bonds is 8. The average Bonchev–Trinajstić information content (AvgIpc) is 3.48. The Labute approximate surface area is 211 Å². The van der Waals surface area contributed by atoms with E-state index in [0.29, 0.717) is 11.5 Å². The maximum Gasteiger partial charge on any atom is 0.257 e. The predicted octanol–water partition coefficient (Wildman–Crippen LogP) is 2.39. The topological polar surface area (TPSA) is 136 Å². The van der Waals surface area contributed by atoms with Crippen LogP contribution in [-0.2, 0) is 26.2 Å². The van der Waals surface area contributed by atoms with Gasteiger partial charge in [-0.05, 0) is 53.9 Å². The number of benzene rings is 2. The van der Waals surface area contributed by atoms with E-state index in [2.05, 4.69) is 0 Å². The number of nitrogens with zero attached hydrogens (tertiary/aromatic N) is 2. The molecule has 1 aliphatic heterocycles. The highest BCUT2D eigenvalue weighted by Crippen LogP contribution is 2.32. The lowest BCUT2D eigenvalue weighted by Gasteiger charge is -2.27. The molecule has 1 aromatic heterocycles. The summed E-state index contributed by atoms with van der Waals surface area (Å²) >= 11 is 1.42. The van der Waals surface area contributed by atoms with E-state index < -0.39 is 33.8 Å². The summed E-state index contributed by atoms with van der Waals surface area (Å²) in [6.07, 6.45) is -0.222. The van der Waals surface area contributed by atoms with Crippen LogP contribution in [0.5, 0.6) is 11.5 Å². The summed E-state index contributed by atoms with van der Waals surface area (Å²) in [5, 5.41) is 6.99. The summed E-state index contributed by atoms with van der Waals surface area (Å²) in [5.74, 6) is -0.759. The lowest BCUT2D eigenvalue weighted by atomic mass is 10.1. The fourth-order valence-electron chi connectivity index (χ4n) is 3.94. The normalized spacial score (nSPS) is 15.8. The minimum Gasteiger partial charge on any atom is -0.493 e. The zero-order valence-corrected chi connectivity index (χ0v) is 21.0. The van der Waals surface area contributed by atoms with Crippen molar-refractivity contribution < 1.29 is 32.3 Å². The Morgan fingerprint density at radius 2 is 1.78 bits per heavy atom. The number of sulfonamides is 1. The van der Waals surface area contributed by atoms with Crippen LogP contribution in [-0.4, -0.2) is 51.3 Å². The van der Waals surface area contributed by atoms with E-state index in [1.807, 2.05) is 17.5 Å². The highest BCUT2D eigenvalue weighted by atomic mass is 32.2. The van der Waals surface area contributed by atoms with Gasteiger partial charge in [-0.2, -0.15) is 0 Å². The first-order chi connectivity index (χ1) is 17.1. The number of anilines is 1. The highest BCUT2D eigenvalue weighted by Gasteiger charge is 2.44. The Morgan fingerprint density at radius 1 is 1.08 bits per heavy atom. The molecule has 1 atom stereocenters. The van der Waals surface area contributed by atoms with Gasteiger partial charge in [-0.1, -0.05) is 6.07 Å². The lowest BCUT2D eigenvalue weighted by Crippen LogP contribution is -2.45. The van der Waals surface area contributed by atoms with Crippen molar-refractivity contribution in [1.29, 1.82) is 0 Å². The van der Waals surface area contributed by atoms with E-state index >= 15 is 0 Å². The molecule has 0 spiro atoms. The van der Waals surface area contributed by atoms with E-state index in [9.17, 15) is 22.8 Å². The molecule has 188 valence electrons. The van der Waals surface area contributed by atoms with Crippen LogP contribution in [0.3, 0.4) is 0 Å². The molecule has 2 N–H and O–H groups in total. The zero-order chi connectivity index (χ0) is 26.0. The van der Waals surface area contributed by atoms with Gasteiger partial charge in [-0.15, -0.1) is 11.3 Å². The van der Waals surface area contributed by atoms with Crippen LogP contribution in [0.2, 0.25) is 0 Å². The van der Waals surface area contributed by atoms with Gasteiger partial charge >= 0.3 is 0 Å². The van der Waals surface area contributed by atoms with Gasteiger partial charge in [0.1, 0.15) is 6.04 Å². The van der Waals surface area contributed by atoms with Crippen molar-refractivity contribution in [3.05, 3.63) is 70.4 Å².